The Hall–Kier alpha value is -1.26. The van der Waals surface area contributed by atoms with Crippen molar-refractivity contribution >= 4 is 11.9 Å². The van der Waals surface area contributed by atoms with Crippen LogP contribution in [0, 0.1) is 0 Å². The van der Waals surface area contributed by atoms with Crippen LogP contribution < -0.4 is 61.2 Å². The number of hydrogen-bond acceptors (Lipinski definition) is 6. The van der Waals surface area contributed by atoms with Crippen LogP contribution in [-0.2, 0) is 13.0 Å². The van der Waals surface area contributed by atoms with E-state index < -0.39 is 12.1 Å². The van der Waals surface area contributed by atoms with Crippen molar-refractivity contribution in [1.29, 1.82) is 0 Å². The van der Waals surface area contributed by atoms with Gasteiger partial charge in [0.1, 0.15) is 12.4 Å². The number of ether oxygens (including phenoxy) is 1. The molecule has 4 rings (SSSR count). The molecule has 0 radical (unpaired) electrons. The first-order chi connectivity index (χ1) is 14.0. The van der Waals surface area contributed by atoms with Crippen LogP contribution in [0.5, 0.6) is 5.75 Å². The first kappa shape index (κ1) is 23.4. The summed E-state index contributed by atoms with van der Waals surface area (Å²) in [5.41, 5.74) is 2.90. The maximum Gasteiger partial charge on any atom is 1.00 e. The Morgan fingerprint density at radius 1 is 1.13 bits per heavy atom. The Morgan fingerprint density at radius 2 is 1.90 bits per heavy atom. The van der Waals surface area contributed by atoms with E-state index in [0.29, 0.717) is 18.7 Å². The number of nitrogens with zero attached hydrogens (tertiary/aromatic N) is 2. The molecule has 2 aliphatic heterocycles. The number of carboxylic acids is 1. The summed E-state index contributed by atoms with van der Waals surface area (Å²) in [4.78, 5) is 27.7. The molecule has 2 heterocycles. The Bertz CT molecular complexity index is 935. The molecule has 1 atom stereocenters. The minimum absolute atomic E-state index is 0. The van der Waals surface area contributed by atoms with Gasteiger partial charge in [-0.25, -0.2) is 0 Å². The molecule has 8 heteroatoms. The fourth-order valence-corrected chi connectivity index (χ4v) is 3.98. The SMILES string of the molecule is O=C([O-])c1ccc2c(c1)OCCN(C[C@H](O)CN1CCc3ccccc3C1)C2=O.[K+]. The van der Waals surface area contributed by atoms with Gasteiger partial charge in [-0.1, -0.05) is 30.3 Å². The van der Waals surface area contributed by atoms with Gasteiger partial charge < -0.3 is 24.6 Å². The quantitative estimate of drug-likeness (QED) is 0.515. The minimum Gasteiger partial charge on any atom is -0.545 e. The molecule has 0 bridgehead atoms. The second-order valence-electron chi connectivity index (χ2n) is 7.51. The average molecular weight is 435 g/mol. The second kappa shape index (κ2) is 10.4. The number of hydrogen-bond donors (Lipinski definition) is 1. The van der Waals surface area contributed by atoms with Crippen LogP contribution in [0.3, 0.4) is 0 Å². The van der Waals surface area contributed by atoms with Crippen LogP contribution in [0.15, 0.2) is 42.5 Å². The number of benzene rings is 2. The summed E-state index contributed by atoms with van der Waals surface area (Å²) in [7, 11) is 0. The van der Waals surface area contributed by atoms with E-state index in [4.69, 9.17) is 4.74 Å². The monoisotopic (exact) mass is 434 g/mol. The van der Waals surface area contributed by atoms with Gasteiger partial charge in [-0.2, -0.15) is 0 Å². The number of aliphatic hydroxyl groups is 1. The molecule has 0 spiro atoms. The number of amides is 1. The number of aromatic carboxylic acids is 1. The van der Waals surface area contributed by atoms with Crippen LogP contribution in [0.4, 0.5) is 0 Å². The third-order valence-electron chi connectivity index (χ3n) is 5.46. The summed E-state index contributed by atoms with van der Waals surface area (Å²) < 4.78 is 5.56. The summed E-state index contributed by atoms with van der Waals surface area (Å²) >= 11 is 0. The molecule has 0 unspecified atom stereocenters. The molecule has 0 aliphatic carbocycles. The van der Waals surface area contributed by atoms with Gasteiger partial charge in [0.25, 0.3) is 5.91 Å². The van der Waals surface area contributed by atoms with Gasteiger partial charge in [0.2, 0.25) is 0 Å². The molecule has 0 fully saturated rings. The molecule has 2 aromatic carbocycles. The third kappa shape index (κ3) is 5.31. The van der Waals surface area contributed by atoms with E-state index in [1.807, 2.05) is 12.1 Å². The van der Waals surface area contributed by atoms with Crippen LogP contribution in [0.2, 0.25) is 0 Å². The summed E-state index contributed by atoms with van der Waals surface area (Å²) in [5, 5.41) is 21.6. The number of rotatable bonds is 5. The van der Waals surface area contributed by atoms with E-state index in [1.165, 1.54) is 29.3 Å². The molecule has 1 N–H and O–H groups in total. The van der Waals surface area contributed by atoms with Crippen LogP contribution in [0.25, 0.3) is 0 Å². The first-order valence-corrected chi connectivity index (χ1v) is 9.76. The van der Waals surface area contributed by atoms with Crippen LogP contribution >= 0.6 is 0 Å². The maximum absolute atomic E-state index is 12.9. The molecular weight excluding hydrogens is 411 g/mol. The zero-order valence-electron chi connectivity index (χ0n) is 17.0. The fourth-order valence-electron chi connectivity index (χ4n) is 3.98. The van der Waals surface area contributed by atoms with Crippen molar-refractivity contribution in [2.75, 3.05) is 32.8 Å². The van der Waals surface area contributed by atoms with E-state index in [9.17, 15) is 19.8 Å². The van der Waals surface area contributed by atoms with Crippen molar-refractivity contribution in [1.82, 2.24) is 9.80 Å². The smallest absolute Gasteiger partial charge is 0.545 e. The maximum atomic E-state index is 12.9. The Kier molecular flexibility index (Phi) is 8.08. The molecule has 0 saturated carbocycles. The summed E-state index contributed by atoms with van der Waals surface area (Å²) in [6.07, 6.45) is 0.265. The molecule has 0 aromatic heterocycles. The predicted molar refractivity (Wildman–Crippen MR) is 104 cm³/mol. The van der Waals surface area contributed by atoms with E-state index in [1.54, 1.807) is 4.90 Å². The van der Waals surface area contributed by atoms with E-state index in [-0.39, 0.29) is 81.8 Å². The summed E-state index contributed by atoms with van der Waals surface area (Å²) in [6, 6.07) is 12.4. The van der Waals surface area contributed by atoms with Gasteiger partial charge in [0.05, 0.1) is 24.2 Å². The molecule has 30 heavy (non-hydrogen) atoms. The zero-order chi connectivity index (χ0) is 20.4. The Labute approximate surface area is 218 Å². The van der Waals surface area contributed by atoms with Gasteiger partial charge in [0.15, 0.2) is 0 Å². The largest absolute Gasteiger partial charge is 1.00 e. The van der Waals surface area contributed by atoms with E-state index >= 15 is 0 Å². The van der Waals surface area contributed by atoms with Crippen molar-refractivity contribution in [3.63, 3.8) is 0 Å². The normalized spacial score (nSPS) is 17.1. The Balaban J connectivity index is 0.00000256. The van der Waals surface area contributed by atoms with Gasteiger partial charge in [-0.15, -0.1) is 0 Å². The van der Waals surface area contributed by atoms with Crippen molar-refractivity contribution in [2.24, 2.45) is 0 Å². The first-order valence-electron chi connectivity index (χ1n) is 9.76. The van der Waals surface area contributed by atoms with E-state index in [2.05, 4.69) is 17.0 Å². The van der Waals surface area contributed by atoms with Crippen molar-refractivity contribution in [3.05, 3.63) is 64.7 Å². The zero-order valence-corrected chi connectivity index (χ0v) is 20.2. The van der Waals surface area contributed by atoms with Crippen molar-refractivity contribution < 1.29 is 75.9 Å². The fraction of sp³-hybridized carbons (Fsp3) is 0.364. The number of carboxylic acid groups (broad SMARTS) is 1. The van der Waals surface area contributed by atoms with Gasteiger partial charge in [0, 0.05) is 31.7 Å². The van der Waals surface area contributed by atoms with Gasteiger partial charge in [-0.05, 0) is 29.7 Å². The third-order valence-corrected chi connectivity index (χ3v) is 5.46. The van der Waals surface area contributed by atoms with Crippen LogP contribution in [0.1, 0.15) is 31.8 Å². The number of aliphatic hydroxyl groups excluding tert-OH is 1. The Morgan fingerprint density at radius 3 is 2.67 bits per heavy atom. The summed E-state index contributed by atoms with van der Waals surface area (Å²) in [5.74, 6) is -1.35. The standard InChI is InChI=1S/C22H24N2O5.K/c25-18(13-23-8-7-15-3-1-2-4-17(15)12-23)14-24-9-10-29-20-11-16(22(27)28)5-6-19(20)21(24)26;/h1-6,11,18,25H,7-10,12-14H2,(H,27,28);/q;+1/p-1/t18-;/m1./s1. The van der Waals surface area contributed by atoms with Crippen molar-refractivity contribution in [2.45, 2.75) is 19.1 Å². The summed E-state index contributed by atoms with van der Waals surface area (Å²) in [6.45, 7) is 2.91. The predicted octanol–water partition coefficient (Wildman–Crippen LogP) is -2.69. The molecule has 1 amide bonds. The number of carbonyl (C=O) groups is 2. The van der Waals surface area contributed by atoms with Crippen LogP contribution in [-0.4, -0.2) is 65.7 Å². The molecule has 2 aliphatic rings. The van der Waals surface area contributed by atoms with Crippen molar-refractivity contribution in [3.8, 4) is 5.75 Å². The molecule has 2 aromatic rings. The van der Waals surface area contributed by atoms with Gasteiger partial charge >= 0.3 is 51.4 Å². The second-order valence-corrected chi connectivity index (χ2v) is 7.51. The molecule has 0 saturated heterocycles. The molecule has 7 nitrogen and oxygen atoms in total. The number of β-amino-alcohol motifs (C(OH)–C–C–N with tert-alkyl or cyclic N) is 1. The molecule has 152 valence electrons. The number of carbonyl (C=O) groups excluding carboxylic acids is 2. The number of fused-ring (bicyclic) bond motifs is 2. The average Bonchev–Trinajstić information content (AvgIpc) is 2.86. The van der Waals surface area contributed by atoms with E-state index in [0.717, 1.165) is 19.5 Å². The molecular formula is C22H23KN2O5. The topological polar surface area (TPSA) is 93.1 Å². The van der Waals surface area contributed by atoms with Gasteiger partial charge in [-0.3, -0.25) is 9.69 Å². The minimum atomic E-state index is -1.32.